The molecule has 1 unspecified atom stereocenters. The van der Waals surface area contributed by atoms with Crippen molar-refractivity contribution in [2.75, 3.05) is 23.4 Å². The van der Waals surface area contributed by atoms with Gasteiger partial charge in [-0.25, -0.2) is 0 Å². The van der Waals surface area contributed by atoms with Crippen molar-refractivity contribution >= 4 is 29.0 Å². The van der Waals surface area contributed by atoms with Crippen molar-refractivity contribution < 1.29 is 9.90 Å². The van der Waals surface area contributed by atoms with E-state index in [4.69, 9.17) is 10.8 Å². The maximum absolute atomic E-state index is 11.6. The number of carbonyl (C=O) groups excluding carboxylic acids is 1. The number of rotatable bonds is 6. The minimum absolute atomic E-state index is 0.0551. The summed E-state index contributed by atoms with van der Waals surface area (Å²) in [4.78, 5) is 11.6. The fourth-order valence-corrected chi connectivity index (χ4v) is 2.04. The van der Waals surface area contributed by atoms with Gasteiger partial charge >= 0.3 is 0 Å². The van der Waals surface area contributed by atoms with Crippen LogP contribution < -0.4 is 11.1 Å². The van der Waals surface area contributed by atoms with Crippen molar-refractivity contribution in [1.82, 2.24) is 0 Å². The number of para-hydroxylation sites is 2. The number of carbonyl (C=O) groups is 1. The third-order valence-electron chi connectivity index (χ3n) is 2.22. The molecule has 1 aromatic rings. The van der Waals surface area contributed by atoms with E-state index in [1.54, 1.807) is 23.9 Å². The van der Waals surface area contributed by atoms with Gasteiger partial charge in [0.05, 0.1) is 18.0 Å². The van der Waals surface area contributed by atoms with Crippen molar-refractivity contribution in [3.63, 3.8) is 0 Å². The molecule has 1 atom stereocenters. The van der Waals surface area contributed by atoms with Gasteiger partial charge in [-0.1, -0.05) is 19.1 Å². The summed E-state index contributed by atoms with van der Waals surface area (Å²) in [6.07, 6.45) is 0.420. The van der Waals surface area contributed by atoms with Gasteiger partial charge in [0, 0.05) is 17.4 Å². The van der Waals surface area contributed by atoms with Crippen molar-refractivity contribution in [2.24, 2.45) is 0 Å². The molecule has 94 valence electrons. The SMILES string of the molecule is CC(CO)SCCC(=O)Nc1ccccc1N. The van der Waals surface area contributed by atoms with Gasteiger partial charge in [-0.15, -0.1) is 0 Å². The van der Waals surface area contributed by atoms with Crippen LogP contribution in [0.4, 0.5) is 11.4 Å². The largest absolute Gasteiger partial charge is 0.397 e. The first kappa shape index (κ1) is 13.9. The molecule has 4 N–H and O–H groups in total. The van der Waals surface area contributed by atoms with Crippen LogP contribution in [0.2, 0.25) is 0 Å². The molecule has 0 heterocycles. The number of amides is 1. The van der Waals surface area contributed by atoms with Crippen LogP contribution in [0.5, 0.6) is 0 Å². The average molecular weight is 254 g/mol. The third-order valence-corrected chi connectivity index (χ3v) is 3.38. The minimum Gasteiger partial charge on any atom is -0.397 e. The topological polar surface area (TPSA) is 75.3 Å². The molecule has 1 aromatic carbocycles. The van der Waals surface area contributed by atoms with Crippen LogP contribution in [-0.2, 0) is 4.79 Å². The average Bonchev–Trinajstić information content (AvgIpc) is 2.32. The highest BCUT2D eigenvalue weighted by Gasteiger charge is 2.06. The fourth-order valence-electron chi connectivity index (χ4n) is 1.23. The van der Waals surface area contributed by atoms with E-state index in [-0.39, 0.29) is 17.8 Å². The Morgan fingerprint density at radius 2 is 2.24 bits per heavy atom. The smallest absolute Gasteiger partial charge is 0.225 e. The Balaban J connectivity index is 2.33. The van der Waals surface area contributed by atoms with E-state index in [2.05, 4.69) is 5.32 Å². The Hall–Kier alpha value is -1.20. The molecule has 4 nitrogen and oxygen atoms in total. The molecule has 1 amide bonds. The van der Waals surface area contributed by atoms with E-state index in [1.807, 2.05) is 19.1 Å². The molecule has 0 fully saturated rings. The second kappa shape index (κ2) is 7.19. The zero-order chi connectivity index (χ0) is 12.7. The predicted molar refractivity (Wildman–Crippen MR) is 73.1 cm³/mol. The van der Waals surface area contributed by atoms with Gasteiger partial charge in [0.1, 0.15) is 0 Å². The molecule has 0 saturated carbocycles. The van der Waals surface area contributed by atoms with Gasteiger partial charge in [0.2, 0.25) is 5.91 Å². The summed E-state index contributed by atoms with van der Waals surface area (Å²) < 4.78 is 0. The van der Waals surface area contributed by atoms with E-state index in [0.29, 0.717) is 23.5 Å². The van der Waals surface area contributed by atoms with E-state index in [9.17, 15) is 4.79 Å². The minimum atomic E-state index is -0.0551. The number of aliphatic hydroxyl groups excluding tert-OH is 1. The molecular formula is C12H18N2O2S. The molecule has 17 heavy (non-hydrogen) atoms. The monoisotopic (exact) mass is 254 g/mol. The van der Waals surface area contributed by atoms with Crippen molar-refractivity contribution in [1.29, 1.82) is 0 Å². The second-order valence-electron chi connectivity index (χ2n) is 3.75. The summed E-state index contributed by atoms with van der Waals surface area (Å²) in [7, 11) is 0. The fraction of sp³-hybridized carbons (Fsp3) is 0.417. The van der Waals surface area contributed by atoms with Crippen LogP contribution >= 0.6 is 11.8 Å². The summed E-state index contributed by atoms with van der Waals surface area (Å²) in [6, 6.07) is 7.17. The predicted octanol–water partition coefficient (Wildman–Crippen LogP) is 1.71. The lowest BCUT2D eigenvalue weighted by Crippen LogP contribution is -2.14. The number of aliphatic hydroxyl groups is 1. The molecule has 0 radical (unpaired) electrons. The van der Waals surface area contributed by atoms with E-state index >= 15 is 0 Å². The van der Waals surface area contributed by atoms with E-state index in [1.165, 1.54) is 0 Å². The number of anilines is 2. The quantitative estimate of drug-likeness (QED) is 0.676. The number of hydrogen-bond donors (Lipinski definition) is 3. The molecule has 0 bridgehead atoms. The summed E-state index contributed by atoms with van der Waals surface area (Å²) in [5.74, 6) is 0.640. The van der Waals surface area contributed by atoms with Gasteiger partial charge < -0.3 is 16.2 Å². The third kappa shape index (κ3) is 5.10. The number of hydrogen-bond acceptors (Lipinski definition) is 4. The lowest BCUT2D eigenvalue weighted by atomic mass is 10.2. The van der Waals surface area contributed by atoms with Crippen molar-refractivity contribution in [2.45, 2.75) is 18.6 Å². The first-order valence-corrected chi connectivity index (χ1v) is 6.55. The van der Waals surface area contributed by atoms with Gasteiger partial charge in [0.25, 0.3) is 0 Å². The lowest BCUT2D eigenvalue weighted by Gasteiger charge is -2.09. The normalized spacial score (nSPS) is 12.1. The second-order valence-corrected chi connectivity index (χ2v) is 5.30. The Morgan fingerprint density at radius 3 is 2.88 bits per heavy atom. The Labute approximate surface area is 106 Å². The summed E-state index contributed by atoms with van der Waals surface area (Å²) in [5, 5.41) is 11.8. The molecule has 0 aromatic heterocycles. The van der Waals surface area contributed by atoms with Gasteiger partial charge in [-0.05, 0) is 12.1 Å². The van der Waals surface area contributed by atoms with Crippen LogP contribution in [-0.4, -0.2) is 28.6 Å². The van der Waals surface area contributed by atoms with Crippen LogP contribution in [0.3, 0.4) is 0 Å². The number of benzene rings is 1. The summed E-state index contributed by atoms with van der Waals surface area (Å²) in [5.41, 5.74) is 6.93. The Kier molecular flexibility index (Phi) is 5.86. The van der Waals surface area contributed by atoms with Crippen LogP contribution in [0.25, 0.3) is 0 Å². The number of nitrogens with two attached hydrogens (primary N) is 1. The molecule has 0 aliphatic rings. The molecule has 0 aliphatic carbocycles. The number of nitrogen functional groups attached to an aromatic ring is 1. The first-order chi connectivity index (χ1) is 8.13. The standard InChI is InChI=1S/C12H18N2O2S/c1-9(8-15)17-7-6-12(16)14-11-5-3-2-4-10(11)13/h2-5,9,15H,6-8,13H2,1H3,(H,14,16). The van der Waals surface area contributed by atoms with Gasteiger partial charge in [0.15, 0.2) is 0 Å². The van der Waals surface area contributed by atoms with Crippen LogP contribution in [0.1, 0.15) is 13.3 Å². The lowest BCUT2D eigenvalue weighted by molar-refractivity contribution is -0.115. The maximum atomic E-state index is 11.6. The highest BCUT2D eigenvalue weighted by molar-refractivity contribution is 7.99. The maximum Gasteiger partial charge on any atom is 0.225 e. The number of nitrogens with one attached hydrogen (secondary N) is 1. The number of thioether (sulfide) groups is 1. The Morgan fingerprint density at radius 1 is 1.53 bits per heavy atom. The molecule has 5 heteroatoms. The molecule has 0 saturated heterocycles. The Bertz CT molecular complexity index is 371. The van der Waals surface area contributed by atoms with Crippen molar-refractivity contribution in [3.8, 4) is 0 Å². The van der Waals surface area contributed by atoms with Crippen LogP contribution in [0, 0.1) is 0 Å². The van der Waals surface area contributed by atoms with Crippen LogP contribution in [0.15, 0.2) is 24.3 Å². The van der Waals surface area contributed by atoms with Gasteiger partial charge in [-0.3, -0.25) is 4.79 Å². The molecule has 1 rings (SSSR count). The first-order valence-electron chi connectivity index (χ1n) is 5.50. The van der Waals surface area contributed by atoms with E-state index in [0.717, 1.165) is 0 Å². The molecule has 0 spiro atoms. The zero-order valence-corrected chi connectivity index (χ0v) is 10.7. The summed E-state index contributed by atoms with van der Waals surface area (Å²) >= 11 is 1.58. The van der Waals surface area contributed by atoms with Crippen molar-refractivity contribution in [3.05, 3.63) is 24.3 Å². The highest BCUT2D eigenvalue weighted by atomic mass is 32.2. The summed E-state index contributed by atoms with van der Waals surface area (Å²) in [6.45, 7) is 2.07. The van der Waals surface area contributed by atoms with E-state index < -0.39 is 0 Å². The molecular weight excluding hydrogens is 236 g/mol. The van der Waals surface area contributed by atoms with Gasteiger partial charge in [-0.2, -0.15) is 11.8 Å². The highest BCUT2D eigenvalue weighted by Crippen LogP contribution is 2.17. The zero-order valence-electron chi connectivity index (χ0n) is 9.85. The molecule has 0 aliphatic heterocycles.